The zero-order chi connectivity index (χ0) is 33.1. The Kier molecular flexibility index (Phi) is 12.9. The number of esters is 1. The number of likely N-dealkylation sites (tertiary alicyclic amines) is 1. The third kappa shape index (κ3) is 8.60. The van der Waals surface area contributed by atoms with Crippen molar-refractivity contribution in [3.63, 3.8) is 0 Å². The van der Waals surface area contributed by atoms with Gasteiger partial charge in [-0.1, -0.05) is 27.7 Å². The number of ketones is 1. The van der Waals surface area contributed by atoms with Crippen LogP contribution in [0.4, 0.5) is 0 Å². The first-order chi connectivity index (χ1) is 20.4. The number of nitrogens with zero attached hydrogens (tertiary/aromatic N) is 3. The summed E-state index contributed by atoms with van der Waals surface area (Å²) in [5.41, 5.74) is -2.30. The molecular formula is C34H63N3O7. The summed E-state index contributed by atoms with van der Waals surface area (Å²) in [7, 11) is 7.63. The maximum atomic E-state index is 14.2. The molecule has 0 saturated carbocycles. The van der Waals surface area contributed by atoms with Gasteiger partial charge in [0, 0.05) is 44.7 Å². The molecule has 1 N–H and O–H groups in total. The van der Waals surface area contributed by atoms with Crippen molar-refractivity contribution in [1.82, 2.24) is 14.7 Å². The number of aliphatic hydroxyl groups excluding tert-OH is 1. The van der Waals surface area contributed by atoms with Gasteiger partial charge in [-0.25, -0.2) is 0 Å². The third-order valence-corrected chi connectivity index (χ3v) is 10.4. The van der Waals surface area contributed by atoms with Crippen LogP contribution in [0.25, 0.3) is 0 Å². The van der Waals surface area contributed by atoms with Gasteiger partial charge in [-0.15, -0.1) is 0 Å². The minimum absolute atomic E-state index is 0.0405. The minimum atomic E-state index is -1.40. The second-order valence-corrected chi connectivity index (χ2v) is 15.5. The van der Waals surface area contributed by atoms with E-state index in [1.165, 1.54) is 0 Å². The molecule has 0 aromatic heterocycles. The Hall–Kier alpha value is -1.14. The van der Waals surface area contributed by atoms with Gasteiger partial charge in [0.25, 0.3) is 0 Å². The van der Waals surface area contributed by atoms with E-state index in [1.54, 1.807) is 27.9 Å². The van der Waals surface area contributed by atoms with Crippen LogP contribution in [0.3, 0.4) is 0 Å². The Balaban J connectivity index is 1.96. The quantitative estimate of drug-likeness (QED) is 0.335. The first-order valence-electron chi connectivity index (χ1n) is 16.8. The fraction of sp³-hybridized carbons (Fsp3) is 0.941. The highest BCUT2D eigenvalue weighted by atomic mass is 16.7. The van der Waals surface area contributed by atoms with E-state index in [1.807, 2.05) is 32.8 Å². The fourth-order valence-corrected chi connectivity index (χ4v) is 7.92. The maximum Gasteiger partial charge on any atom is 0.319 e. The molecular weight excluding hydrogens is 562 g/mol. The van der Waals surface area contributed by atoms with Crippen LogP contribution < -0.4 is 0 Å². The van der Waals surface area contributed by atoms with Crippen molar-refractivity contribution < 1.29 is 33.6 Å². The van der Waals surface area contributed by atoms with E-state index in [0.717, 1.165) is 32.6 Å². The zero-order valence-electron chi connectivity index (χ0n) is 29.7. The van der Waals surface area contributed by atoms with Crippen molar-refractivity contribution in [3.8, 4) is 0 Å². The standard InChI is InChI=1S/C34H63N3O7/c1-21(2)17-37-14-13-25(19-37)27-20-42-32(40)33(6,7)29(39)24(5)30(34(8,41-12)16-22(3)18-36(27)11)44-31-28(38)26(35(9)10)15-23(4)43-31/h21-28,30-31,38H,13-20H2,1-12H3/t22-,23-,24+,25-,26+,27-,28-,30-,31+,34-/m1/s1. The summed E-state index contributed by atoms with van der Waals surface area (Å²) in [5.74, 6) is -0.414. The number of methoxy groups -OCH3 is 1. The molecule has 3 saturated heterocycles. The predicted octanol–water partition coefficient (Wildman–Crippen LogP) is 3.30. The summed E-state index contributed by atoms with van der Waals surface area (Å²) < 4.78 is 25.0. The predicted molar refractivity (Wildman–Crippen MR) is 171 cm³/mol. The van der Waals surface area contributed by atoms with Gasteiger partial charge in [0.2, 0.25) is 0 Å². The van der Waals surface area contributed by atoms with E-state index in [-0.39, 0.29) is 36.5 Å². The monoisotopic (exact) mass is 625 g/mol. The van der Waals surface area contributed by atoms with E-state index >= 15 is 0 Å². The fourth-order valence-electron chi connectivity index (χ4n) is 7.92. The number of aliphatic hydroxyl groups is 1. The molecule has 3 aliphatic rings. The molecule has 3 heterocycles. The largest absolute Gasteiger partial charge is 0.463 e. The molecule has 44 heavy (non-hydrogen) atoms. The molecule has 0 amide bonds. The Morgan fingerprint density at radius 3 is 2.36 bits per heavy atom. The molecule has 3 rings (SSSR count). The van der Waals surface area contributed by atoms with Gasteiger partial charge in [-0.05, 0) is 92.4 Å². The number of rotatable bonds is 7. The van der Waals surface area contributed by atoms with Crippen molar-refractivity contribution in [2.24, 2.45) is 29.1 Å². The smallest absolute Gasteiger partial charge is 0.319 e. The summed E-state index contributed by atoms with van der Waals surface area (Å²) in [6, 6.07) is -0.125. The summed E-state index contributed by atoms with van der Waals surface area (Å²) >= 11 is 0. The first-order valence-corrected chi connectivity index (χ1v) is 16.8. The zero-order valence-corrected chi connectivity index (χ0v) is 29.7. The van der Waals surface area contributed by atoms with Gasteiger partial charge in [-0.2, -0.15) is 0 Å². The van der Waals surface area contributed by atoms with Crippen molar-refractivity contribution in [2.45, 2.75) is 117 Å². The van der Waals surface area contributed by atoms with Crippen molar-refractivity contribution >= 4 is 11.8 Å². The summed E-state index contributed by atoms with van der Waals surface area (Å²) in [4.78, 5) is 34.7. The maximum absolute atomic E-state index is 14.2. The van der Waals surface area contributed by atoms with Gasteiger partial charge in [0.15, 0.2) is 12.1 Å². The molecule has 0 aromatic carbocycles. The SMILES string of the molecule is CO[C@]1(C)C[C@@H](C)CN(C)[C@@H]([C@@H]2CCN(CC(C)C)C2)COC(=O)C(C)(C)C(=O)[C@H](C)[C@H]1O[C@@H]1O[C@H](C)C[C@H](N(C)C)[C@H]1O. The average molecular weight is 626 g/mol. The number of hydrogen-bond donors (Lipinski definition) is 1. The lowest BCUT2D eigenvalue weighted by Gasteiger charge is -2.47. The van der Waals surface area contributed by atoms with Crippen LogP contribution in [0.5, 0.6) is 0 Å². The Labute approximate surface area is 267 Å². The number of Topliss-reactive ketones (excluding diaryl/α,β-unsaturated/α-hetero) is 1. The lowest BCUT2D eigenvalue weighted by atomic mass is 9.74. The van der Waals surface area contributed by atoms with Crippen LogP contribution in [0.2, 0.25) is 0 Å². The van der Waals surface area contributed by atoms with Crippen LogP contribution >= 0.6 is 0 Å². The first kappa shape index (κ1) is 37.3. The van der Waals surface area contributed by atoms with Crippen LogP contribution in [-0.2, 0) is 28.5 Å². The molecule has 3 fully saturated rings. The van der Waals surface area contributed by atoms with Gasteiger partial charge >= 0.3 is 5.97 Å². The van der Waals surface area contributed by atoms with E-state index in [2.05, 4.69) is 37.6 Å². The van der Waals surface area contributed by atoms with Gasteiger partial charge in [0.05, 0.1) is 17.8 Å². The molecule has 256 valence electrons. The molecule has 0 radical (unpaired) electrons. The van der Waals surface area contributed by atoms with E-state index in [9.17, 15) is 14.7 Å². The number of carbonyl (C=O) groups excluding carboxylic acids is 2. The van der Waals surface area contributed by atoms with E-state index in [4.69, 9.17) is 18.9 Å². The molecule has 10 nitrogen and oxygen atoms in total. The summed E-state index contributed by atoms with van der Waals surface area (Å²) in [5, 5.41) is 11.3. The molecule has 10 heteroatoms. The van der Waals surface area contributed by atoms with Crippen LogP contribution in [0, 0.1) is 29.1 Å². The van der Waals surface area contributed by atoms with Crippen LogP contribution in [-0.4, -0.2) is 135 Å². The number of likely N-dealkylation sites (N-methyl/N-ethyl adjacent to an activating group) is 2. The van der Waals surface area contributed by atoms with Crippen molar-refractivity contribution in [2.75, 3.05) is 61.0 Å². The number of carbonyl (C=O) groups is 2. The lowest BCUT2D eigenvalue weighted by molar-refractivity contribution is -0.295. The highest BCUT2D eigenvalue weighted by Gasteiger charge is 2.51. The van der Waals surface area contributed by atoms with Crippen LogP contribution in [0.1, 0.15) is 74.7 Å². The Bertz CT molecular complexity index is 961. The minimum Gasteiger partial charge on any atom is -0.463 e. The summed E-state index contributed by atoms with van der Waals surface area (Å²) in [6.45, 7) is 19.8. The van der Waals surface area contributed by atoms with Crippen LogP contribution in [0.15, 0.2) is 0 Å². The van der Waals surface area contributed by atoms with Gasteiger partial charge in [0.1, 0.15) is 18.1 Å². The highest BCUT2D eigenvalue weighted by molar-refractivity contribution is 6.04. The number of ether oxygens (including phenoxy) is 4. The number of hydrogen-bond acceptors (Lipinski definition) is 10. The Morgan fingerprint density at radius 1 is 1.11 bits per heavy atom. The Morgan fingerprint density at radius 2 is 1.77 bits per heavy atom. The highest BCUT2D eigenvalue weighted by Crippen LogP contribution is 2.38. The summed E-state index contributed by atoms with van der Waals surface area (Å²) in [6.07, 6.45) is -0.485. The molecule has 3 aliphatic heterocycles. The molecule has 0 unspecified atom stereocenters. The molecule has 0 spiro atoms. The molecule has 0 aliphatic carbocycles. The van der Waals surface area contributed by atoms with E-state index in [0.29, 0.717) is 24.7 Å². The van der Waals surface area contributed by atoms with Crippen molar-refractivity contribution in [1.29, 1.82) is 0 Å². The third-order valence-electron chi connectivity index (χ3n) is 10.4. The van der Waals surface area contributed by atoms with Crippen molar-refractivity contribution in [3.05, 3.63) is 0 Å². The van der Waals surface area contributed by atoms with Gasteiger partial charge < -0.3 is 33.9 Å². The van der Waals surface area contributed by atoms with Gasteiger partial charge in [-0.3, -0.25) is 14.5 Å². The lowest BCUT2D eigenvalue weighted by Crippen LogP contribution is -2.59. The second-order valence-electron chi connectivity index (χ2n) is 15.5. The topological polar surface area (TPSA) is 101 Å². The molecule has 0 bridgehead atoms. The normalized spacial score (nSPS) is 40.5. The van der Waals surface area contributed by atoms with E-state index < -0.39 is 41.4 Å². The molecule has 10 atom stereocenters. The number of cyclic esters (lactones) is 1. The second kappa shape index (κ2) is 15.2. The molecule has 0 aromatic rings. The average Bonchev–Trinajstić information content (AvgIpc) is 3.38.